The average Bonchev–Trinajstić information content (AvgIpc) is 2.48. The maximum Gasteiger partial charge on any atom is 0.296 e. The summed E-state index contributed by atoms with van der Waals surface area (Å²) in [5.41, 5.74) is 0.654. The van der Waals surface area contributed by atoms with Gasteiger partial charge in [0, 0.05) is 6.04 Å². The lowest BCUT2D eigenvalue weighted by Gasteiger charge is -2.28. The Kier molecular flexibility index (Phi) is 4.82. The molecule has 1 fully saturated rings. The molecular formula is C15H22N2O3. The molecule has 1 saturated carbocycles. The first kappa shape index (κ1) is 14.6. The zero-order chi connectivity index (χ0) is 14.5. The molecule has 0 radical (unpaired) electrons. The first-order chi connectivity index (χ1) is 9.61. The van der Waals surface area contributed by atoms with Gasteiger partial charge in [-0.05, 0) is 37.8 Å². The first-order valence-corrected chi connectivity index (χ1v) is 7.21. The van der Waals surface area contributed by atoms with Crippen LogP contribution in [0.1, 0.15) is 39.0 Å². The molecule has 5 nitrogen and oxygen atoms in total. The van der Waals surface area contributed by atoms with E-state index in [9.17, 15) is 10.1 Å². The molecular weight excluding hydrogens is 256 g/mol. The van der Waals surface area contributed by atoms with Gasteiger partial charge in [-0.1, -0.05) is 19.3 Å². The molecule has 0 heterocycles. The molecule has 0 bridgehead atoms. The molecule has 1 unspecified atom stereocenters. The Hall–Kier alpha value is -1.78. The van der Waals surface area contributed by atoms with Gasteiger partial charge < -0.3 is 10.1 Å². The number of rotatable bonds is 5. The predicted octanol–water partition coefficient (Wildman–Crippen LogP) is 3.98. The van der Waals surface area contributed by atoms with Crippen LogP contribution in [-0.2, 0) is 0 Å². The number of hydrogen-bond acceptors (Lipinski definition) is 4. The Balaban J connectivity index is 2.13. The van der Waals surface area contributed by atoms with Gasteiger partial charge in [-0.2, -0.15) is 0 Å². The smallest absolute Gasteiger partial charge is 0.296 e. The molecule has 1 aliphatic carbocycles. The molecule has 1 aromatic carbocycles. The lowest BCUT2D eigenvalue weighted by Crippen LogP contribution is -2.27. The Bertz CT molecular complexity index is 470. The van der Waals surface area contributed by atoms with Gasteiger partial charge >= 0.3 is 0 Å². The van der Waals surface area contributed by atoms with Crippen LogP contribution in [0.2, 0.25) is 0 Å². The highest BCUT2D eigenvalue weighted by Crippen LogP contribution is 2.32. The fourth-order valence-corrected chi connectivity index (χ4v) is 2.91. The van der Waals surface area contributed by atoms with Gasteiger partial charge in [-0.3, -0.25) is 10.1 Å². The molecule has 1 aromatic rings. The van der Waals surface area contributed by atoms with Gasteiger partial charge in [0.25, 0.3) is 5.69 Å². The fraction of sp³-hybridized carbons (Fsp3) is 0.600. The minimum Gasteiger partial charge on any atom is -0.496 e. The van der Waals surface area contributed by atoms with Crippen molar-refractivity contribution < 1.29 is 9.66 Å². The molecule has 110 valence electrons. The van der Waals surface area contributed by atoms with Crippen molar-refractivity contribution in [2.24, 2.45) is 5.92 Å². The number of nitro benzene ring substituents is 1. The molecule has 1 atom stereocenters. The number of anilines is 1. The topological polar surface area (TPSA) is 64.4 Å². The monoisotopic (exact) mass is 278 g/mol. The van der Waals surface area contributed by atoms with Gasteiger partial charge in [0.05, 0.1) is 18.1 Å². The zero-order valence-electron chi connectivity index (χ0n) is 12.1. The number of methoxy groups -OCH3 is 1. The van der Waals surface area contributed by atoms with E-state index < -0.39 is 0 Å². The summed E-state index contributed by atoms with van der Waals surface area (Å²) >= 11 is 0. The van der Waals surface area contributed by atoms with E-state index in [4.69, 9.17) is 4.74 Å². The van der Waals surface area contributed by atoms with E-state index in [1.54, 1.807) is 12.1 Å². The predicted molar refractivity (Wildman–Crippen MR) is 79.3 cm³/mol. The van der Waals surface area contributed by atoms with Crippen LogP contribution >= 0.6 is 0 Å². The third-order valence-corrected chi connectivity index (χ3v) is 4.14. The van der Waals surface area contributed by atoms with Gasteiger partial charge in [0.15, 0.2) is 0 Å². The number of nitrogens with one attached hydrogen (secondary N) is 1. The Morgan fingerprint density at radius 2 is 2.05 bits per heavy atom. The molecule has 0 spiro atoms. The number of benzene rings is 1. The summed E-state index contributed by atoms with van der Waals surface area (Å²) in [4.78, 5) is 10.8. The van der Waals surface area contributed by atoms with Crippen LogP contribution in [0.4, 0.5) is 11.4 Å². The van der Waals surface area contributed by atoms with Crippen molar-refractivity contribution in [2.45, 2.75) is 45.1 Å². The first-order valence-electron chi connectivity index (χ1n) is 7.21. The van der Waals surface area contributed by atoms with E-state index in [1.165, 1.54) is 45.3 Å². The number of nitrogens with zero attached hydrogens (tertiary/aromatic N) is 1. The van der Waals surface area contributed by atoms with Crippen LogP contribution in [0.15, 0.2) is 18.2 Å². The van der Waals surface area contributed by atoms with Crippen molar-refractivity contribution in [1.82, 2.24) is 0 Å². The standard InChI is InChI=1S/C15H22N2O3/c1-11(12-6-4-3-5-7-12)16-14-9-8-13(20-2)10-15(14)17(18)19/h8-12,16H,3-7H2,1-2H3. The quantitative estimate of drug-likeness (QED) is 0.653. The summed E-state index contributed by atoms with van der Waals surface area (Å²) in [6.07, 6.45) is 6.25. The van der Waals surface area contributed by atoms with Crippen molar-refractivity contribution in [3.63, 3.8) is 0 Å². The van der Waals surface area contributed by atoms with Crippen LogP contribution in [0.25, 0.3) is 0 Å². The second-order valence-corrected chi connectivity index (χ2v) is 5.47. The molecule has 0 amide bonds. The highest BCUT2D eigenvalue weighted by atomic mass is 16.6. The molecule has 1 N–H and O–H groups in total. The van der Waals surface area contributed by atoms with Gasteiger partial charge in [0.1, 0.15) is 11.4 Å². The van der Waals surface area contributed by atoms with Crippen LogP contribution in [0.3, 0.4) is 0 Å². The summed E-state index contributed by atoms with van der Waals surface area (Å²) in [5.74, 6) is 1.11. The average molecular weight is 278 g/mol. The minimum atomic E-state index is -0.363. The number of nitro groups is 1. The highest BCUT2D eigenvalue weighted by Gasteiger charge is 2.23. The molecule has 0 aliphatic heterocycles. The van der Waals surface area contributed by atoms with Gasteiger partial charge in [-0.15, -0.1) is 0 Å². The minimum absolute atomic E-state index is 0.0759. The maximum atomic E-state index is 11.2. The van der Waals surface area contributed by atoms with Crippen molar-refractivity contribution in [3.05, 3.63) is 28.3 Å². The third-order valence-electron chi connectivity index (χ3n) is 4.14. The van der Waals surface area contributed by atoms with Crippen LogP contribution in [-0.4, -0.2) is 18.1 Å². The summed E-state index contributed by atoms with van der Waals surface area (Å²) in [5, 5.41) is 14.5. The summed E-state index contributed by atoms with van der Waals surface area (Å²) in [6, 6.07) is 5.21. The van der Waals surface area contributed by atoms with E-state index in [2.05, 4.69) is 12.2 Å². The number of hydrogen-bond donors (Lipinski definition) is 1. The molecule has 2 rings (SSSR count). The largest absolute Gasteiger partial charge is 0.496 e. The summed E-state index contributed by atoms with van der Waals surface area (Å²) < 4.78 is 5.05. The second-order valence-electron chi connectivity index (χ2n) is 5.47. The van der Waals surface area contributed by atoms with Crippen molar-refractivity contribution in [2.75, 3.05) is 12.4 Å². The van der Waals surface area contributed by atoms with E-state index in [0.29, 0.717) is 17.4 Å². The molecule has 1 aliphatic rings. The lowest BCUT2D eigenvalue weighted by atomic mass is 9.84. The van der Waals surface area contributed by atoms with Crippen LogP contribution in [0.5, 0.6) is 5.75 Å². The lowest BCUT2D eigenvalue weighted by molar-refractivity contribution is -0.384. The van der Waals surface area contributed by atoms with Crippen molar-refractivity contribution in [1.29, 1.82) is 0 Å². The number of ether oxygens (including phenoxy) is 1. The molecule has 20 heavy (non-hydrogen) atoms. The van der Waals surface area contributed by atoms with Gasteiger partial charge in [-0.25, -0.2) is 0 Å². The highest BCUT2D eigenvalue weighted by molar-refractivity contribution is 5.64. The molecule has 0 aromatic heterocycles. The normalized spacial score (nSPS) is 17.5. The van der Waals surface area contributed by atoms with E-state index in [-0.39, 0.29) is 16.7 Å². The van der Waals surface area contributed by atoms with Gasteiger partial charge in [0.2, 0.25) is 0 Å². The van der Waals surface area contributed by atoms with E-state index in [0.717, 1.165) is 0 Å². The van der Waals surface area contributed by atoms with E-state index >= 15 is 0 Å². The molecule has 5 heteroatoms. The Labute approximate surface area is 119 Å². The second kappa shape index (κ2) is 6.59. The Morgan fingerprint density at radius 1 is 1.35 bits per heavy atom. The van der Waals surface area contributed by atoms with Crippen LogP contribution < -0.4 is 10.1 Å². The maximum absolute atomic E-state index is 11.2. The Morgan fingerprint density at radius 3 is 2.65 bits per heavy atom. The zero-order valence-corrected chi connectivity index (χ0v) is 12.1. The summed E-state index contributed by atoms with van der Waals surface area (Å²) in [6.45, 7) is 2.12. The fourth-order valence-electron chi connectivity index (χ4n) is 2.91. The van der Waals surface area contributed by atoms with Crippen molar-refractivity contribution in [3.8, 4) is 5.75 Å². The summed E-state index contributed by atoms with van der Waals surface area (Å²) in [7, 11) is 1.51. The van der Waals surface area contributed by atoms with Crippen molar-refractivity contribution >= 4 is 11.4 Å². The third kappa shape index (κ3) is 3.40. The van der Waals surface area contributed by atoms with Crippen LogP contribution in [0, 0.1) is 16.0 Å². The molecule has 0 saturated heterocycles. The van der Waals surface area contributed by atoms with E-state index in [1.807, 2.05) is 0 Å². The SMILES string of the molecule is COc1ccc(NC(C)C2CCCCC2)c([N+](=O)[O-])c1.